The number of carboxylic acids is 1. The van der Waals surface area contributed by atoms with Gasteiger partial charge in [-0.15, -0.1) is 13.2 Å². The molecule has 0 spiro atoms. The van der Waals surface area contributed by atoms with Crippen molar-refractivity contribution in [3.63, 3.8) is 0 Å². The lowest BCUT2D eigenvalue weighted by Gasteiger charge is -2.24. The van der Waals surface area contributed by atoms with E-state index >= 15 is 0 Å². The van der Waals surface area contributed by atoms with Crippen molar-refractivity contribution in [2.75, 3.05) is 26.4 Å². The fraction of sp³-hybridized carbons (Fsp3) is 0.703. The van der Waals surface area contributed by atoms with Crippen molar-refractivity contribution in [2.24, 2.45) is 11.8 Å². The molecule has 0 saturated heterocycles. The Morgan fingerprint density at radius 2 is 0.962 bits per heavy atom. The number of rotatable bonds is 29. The van der Waals surface area contributed by atoms with Gasteiger partial charge in [0.1, 0.15) is 0 Å². The number of amides is 6. The molecule has 6 amide bonds. The minimum absolute atomic E-state index is 0.00506. The van der Waals surface area contributed by atoms with E-state index in [4.69, 9.17) is 9.47 Å². The van der Waals surface area contributed by atoms with Gasteiger partial charge in [0.2, 0.25) is 35.4 Å². The van der Waals surface area contributed by atoms with Gasteiger partial charge in [-0.05, 0) is 32.1 Å². The third-order valence-electron chi connectivity index (χ3n) is 7.64. The summed E-state index contributed by atoms with van der Waals surface area (Å²) in [5.74, 6) is -3.16. The molecule has 0 bridgehead atoms. The first-order valence-corrected chi connectivity index (χ1v) is 18.2. The lowest BCUT2D eigenvalue weighted by Crippen LogP contribution is -2.47. The molecule has 0 rings (SSSR count). The average molecular weight is 753 g/mol. The molecular formula is C37H64N6O10. The van der Waals surface area contributed by atoms with Gasteiger partial charge in [-0.25, -0.2) is 0 Å². The second kappa shape index (κ2) is 27.3. The number of nitrogens with one attached hydrogen (secondary N) is 6. The molecule has 0 saturated carbocycles. The molecule has 0 heterocycles. The minimum Gasteiger partial charge on any atom is -0.481 e. The van der Waals surface area contributed by atoms with E-state index < -0.39 is 59.8 Å². The van der Waals surface area contributed by atoms with Crippen LogP contribution in [0.5, 0.6) is 0 Å². The molecule has 16 heteroatoms. The molecule has 0 aromatic heterocycles. The zero-order chi connectivity index (χ0) is 40.5. The summed E-state index contributed by atoms with van der Waals surface area (Å²) in [6.45, 7) is 19.9. The lowest BCUT2D eigenvalue weighted by atomic mass is 10.00. The van der Waals surface area contributed by atoms with E-state index in [0.717, 1.165) is 0 Å². The molecule has 302 valence electrons. The first-order chi connectivity index (χ1) is 24.8. The Hall–Kier alpha value is -4.31. The number of carbonyl (C=O) groups excluding carboxylic acids is 6. The van der Waals surface area contributed by atoms with E-state index in [1.165, 1.54) is 13.0 Å². The van der Waals surface area contributed by atoms with Crippen LogP contribution in [0.3, 0.4) is 0 Å². The van der Waals surface area contributed by atoms with Crippen molar-refractivity contribution >= 4 is 41.4 Å². The van der Waals surface area contributed by atoms with E-state index in [-0.39, 0.29) is 94.6 Å². The molecular weight excluding hydrogens is 688 g/mol. The van der Waals surface area contributed by atoms with Crippen LogP contribution in [0, 0.1) is 11.8 Å². The highest BCUT2D eigenvalue weighted by Crippen LogP contribution is 2.10. The van der Waals surface area contributed by atoms with Gasteiger partial charge >= 0.3 is 5.97 Å². The van der Waals surface area contributed by atoms with E-state index in [0.29, 0.717) is 6.42 Å². The molecule has 0 aromatic carbocycles. The van der Waals surface area contributed by atoms with Crippen LogP contribution in [0.25, 0.3) is 0 Å². The molecule has 0 aliphatic carbocycles. The molecule has 0 radical (unpaired) electrons. The van der Waals surface area contributed by atoms with Gasteiger partial charge < -0.3 is 46.5 Å². The van der Waals surface area contributed by atoms with Crippen molar-refractivity contribution < 1.29 is 48.1 Å². The number of ether oxygens (including phenoxy) is 2. The lowest BCUT2D eigenvalue weighted by molar-refractivity contribution is -0.138. The number of carboxylic acid groups (broad SMARTS) is 1. The van der Waals surface area contributed by atoms with Crippen LogP contribution in [0.15, 0.2) is 25.3 Å². The molecule has 16 nitrogen and oxygen atoms in total. The van der Waals surface area contributed by atoms with Gasteiger partial charge in [0.05, 0.1) is 44.9 Å². The summed E-state index contributed by atoms with van der Waals surface area (Å²) < 4.78 is 11.0. The van der Waals surface area contributed by atoms with Crippen LogP contribution in [0.1, 0.15) is 93.4 Å². The van der Waals surface area contributed by atoms with Crippen molar-refractivity contribution in [3.8, 4) is 0 Å². The Kier molecular flexibility index (Phi) is 25.1. The first-order valence-electron chi connectivity index (χ1n) is 18.2. The third-order valence-corrected chi connectivity index (χ3v) is 7.64. The van der Waals surface area contributed by atoms with E-state index in [9.17, 15) is 38.7 Å². The summed E-state index contributed by atoms with van der Waals surface area (Å²) in [5.41, 5.74) is 0. The quantitative estimate of drug-likeness (QED) is 0.0430. The molecule has 53 heavy (non-hydrogen) atoms. The SMILES string of the molecule is C=CCOC[C@@H](CC(=O)N[C@@H](CC(=O)O)CC(C)C)NC(=O)C[C@H](C)NC(=O)C[C@H](C)NC(=O)C[C@H](COCC=C)NC(=O)C[C@@H](NC(C)=O)C(C)C. The summed E-state index contributed by atoms with van der Waals surface area (Å²) in [6, 6.07) is -3.49. The zero-order valence-corrected chi connectivity index (χ0v) is 32.6. The summed E-state index contributed by atoms with van der Waals surface area (Å²) in [7, 11) is 0. The molecule has 0 aliphatic rings. The summed E-state index contributed by atoms with van der Waals surface area (Å²) in [5, 5.41) is 25.8. The summed E-state index contributed by atoms with van der Waals surface area (Å²) >= 11 is 0. The zero-order valence-electron chi connectivity index (χ0n) is 32.6. The highest BCUT2D eigenvalue weighted by molar-refractivity contribution is 5.83. The number of hydrogen-bond donors (Lipinski definition) is 7. The Bertz CT molecular complexity index is 1210. The predicted octanol–water partition coefficient (Wildman–Crippen LogP) is 1.49. The fourth-order valence-corrected chi connectivity index (χ4v) is 5.41. The van der Waals surface area contributed by atoms with E-state index in [1.807, 2.05) is 27.7 Å². The summed E-state index contributed by atoms with van der Waals surface area (Å²) in [4.78, 5) is 86.9. The maximum Gasteiger partial charge on any atom is 0.305 e. The van der Waals surface area contributed by atoms with Gasteiger partial charge in [-0.2, -0.15) is 0 Å². The molecule has 0 unspecified atom stereocenters. The van der Waals surface area contributed by atoms with Crippen LogP contribution < -0.4 is 31.9 Å². The highest BCUT2D eigenvalue weighted by Gasteiger charge is 2.25. The topological polar surface area (TPSA) is 230 Å². The van der Waals surface area contributed by atoms with Gasteiger partial charge in [0, 0.05) is 63.2 Å². The second-order valence-electron chi connectivity index (χ2n) is 14.2. The Labute approximate surface area is 314 Å². The van der Waals surface area contributed by atoms with E-state index in [1.54, 1.807) is 19.9 Å². The molecule has 0 aliphatic heterocycles. The number of aliphatic carboxylic acids is 1. The first kappa shape index (κ1) is 48.7. The Balaban J connectivity index is 5.11. The largest absolute Gasteiger partial charge is 0.481 e. The maximum absolute atomic E-state index is 12.9. The third kappa shape index (κ3) is 26.2. The monoisotopic (exact) mass is 752 g/mol. The van der Waals surface area contributed by atoms with Crippen LogP contribution in [0.2, 0.25) is 0 Å². The Morgan fingerprint density at radius 3 is 1.36 bits per heavy atom. The number of carbonyl (C=O) groups is 7. The standard InChI is InChI=1S/C37H64N6O10/c1-10-12-52-21-29(43-36(49)20-31(24(5)6)40-27(9)44)17-34(47)39-25(7)15-32(45)38-26(8)16-33(46)42-30(22-53-13-11-2)18-35(48)41-28(14-23(3)4)19-37(50)51/h10-11,23-26,28-31H,1-2,12-22H2,3-9H3,(H,38,45)(H,39,47)(H,40,44)(H,41,48)(H,42,46)(H,43,49)(H,50,51)/t25-,26-,28+,29+,30+,31+/m0/s1. The second-order valence-corrected chi connectivity index (χ2v) is 14.2. The normalized spacial score (nSPS) is 14.4. The van der Waals surface area contributed by atoms with Crippen molar-refractivity contribution in [1.29, 1.82) is 0 Å². The molecule has 0 fully saturated rings. The average Bonchev–Trinajstić information content (AvgIpc) is 2.99. The Morgan fingerprint density at radius 1 is 0.566 bits per heavy atom. The van der Waals surface area contributed by atoms with Gasteiger partial charge in [-0.3, -0.25) is 33.6 Å². The maximum atomic E-state index is 12.9. The predicted molar refractivity (Wildman–Crippen MR) is 200 cm³/mol. The van der Waals surface area contributed by atoms with Gasteiger partial charge in [-0.1, -0.05) is 39.8 Å². The van der Waals surface area contributed by atoms with Crippen molar-refractivity contribution in [2.45, 2.75) is 130 Å². The van der Waals surface area contributed by atoms with E-state index in [2.05, 4.69) is 45.1 Å². The van der Waals surface area contributed by atoms with Crippen molar-refractivity contribution in [1.82, 2.24) is 31.9 Å². The van der Waals surface area contributed by atoms with Crippen LogP contribution in [0.4, 0.5) is 0 Å². The van der Waals surface area contributed by atoms with Crippen molar-refractivity contribution in [3.05, 3.63) is 25.3 Å². The minimum atomic E-state index is -1.03. The molecule has 7 N–H and O–H groups in total. The fourth-order valence-electron chi connectivity index (χ4n) is 5.41. The van der Waals surface area contributed by atoms with Crippen LogP contribution in [-0.4, -0.2) is 109 Å². The molecule has 6 atom stereocenters. The summed E-state index contributed by atoms with van der Waals surface area (Å²) in [6.07, 6.45) is 2.90. The van der Waals surface area contributed by atoms with Crippen LogP contribution in [-0.2, 0) is 43.0 Å². The van der Waals surface area contributed by atoms with Crippen LogP contribution >= 0.6 is 0 Å². The van der Waals surface area contributed by atoms with Gasteiger partial charge in [0.15, 0.2) is 0 Å². The molecule has 0 aromatic rings. The number of hydrogen-bond acceptors (Lipinski definition) is 9. The smallest absolute Gasteiger partial charge is 0.305 e. The highest BCUT2D eigenvalue weighted by atomic mass is 16.5. The van der Waals surface area contributed by atoms with Gasteiger partial charge in [0.25, 0.3) is 0 Å².